The highest BCUT2D eigenvalue weighted by Gasteiger charge is 2.29. The van der Waals surface area contributed by atoms with Crippen LogP contribution in [0.1, 0.15) is 34.0 Å². The molecular weight excluding hydrogens is 522 g/mol. The summed E-state index contributed by atoms with van der Waals surface area (Å²) in [6, 6.07) is 15.9. The zero-order valence-corrected chi connectivity index (χ0v) is 20.7. The molecule has 1 unspecified atom stereocenters. The molecule has 1 aromatic heterocycles. The number of ketones is 1. The molecule has 7 nitrogen and oxygen atoms in total. The Labute approximate surface area is 221 Å². The number of aliphatic carboxylic acids is 1. The van der Waals surface area contributed by atoms with Crippen molar-refractivity contribution in [3.05, 3.63) is 99.5 Å². The number of Topliss-reactive ketones (excluding diaryl/α,β-unsaturated/α-hetero) is 1. The van der Waals surface area contributed by atoms with Crippen molar-refractivity contribution in [2.24, 2.45) is 0 Å². The van der Waals surface area contributed by atoms with Gasteiger partial charge in [-0.25, -0.2) is 9.07 Å². The Hall–Kier alpha value is -3.88. The summed E-state index contributed by atoms with van der Waals surface area (Å²) >= 11 is 12.2. The first kappa shape index (κ1) is 24.8. The van der Waals surface area contributed by atoms with Crippen LogP contribution in [0.2, 0.25) is 10.0 Å². The summed E-state index contributed by atoms with van der Waals surface area (Å²) in [7, 11) is 0. The van der Waals surface area contributed by atoms with Crippen LogP contribution in [0.15, 0.2) is 66.9 Å². The SMILES string of the molecule is O=C(Cc1ccn(-c2cccc(Cl)c2F)n1)c1ccc(Oc2cc3c(cc2Cl)C(C(=O)O)CCO3)cc1. The van der Waals surface area contributed by atoms with Crippen LogP contribution in [-0.2, 0) is 11.2 Å². The van der Waals surface area contributed by atoms with Crippen molar-refractivity contribution in [3.8, 4) is 22.9 Å². The molecule has 1 atom stereocenters. The number of nitrogens with zero attached hydrogens (tertiary/aromatic N) is 2. The lowest BCUT2D eigenvalue weighted by Gasteiger charge is -2.24. The Morgan fingerprint density at radius 2 is 1.89 bits per heavy atom. The molecule has 0 aliphatic carbocycles. The number of benzene rings is 3. The van der Waals surface area contributed by atoms with Crippen LogP contribution in [0.5, 0.6) is 17.2 Å². The maximum absolute atomic E-state index is 14.3. The van der Waals surface area contributed by atoms with Crippen molar-refractivity contribution in [1.82, 2.24) is 9.78 Å². The average molecular weight is 541 g/mol. The van der Waals surface area contributed by atoms with Gasteiger partial charge in [-0.1, -0.05) is 29.3 Å². The van der Waals surface area contributed by atoms with Gasteiger partial charge >= 0.3 is 5.97 Å². The molecule has 0 bridgehead atoms. The summed E-state index contributed by atoms with van der Waals surface area (Å²) in [6.45, 7) is 0.286. The Kier molecular flexibility index (Phi) is 6.86. The smallest absolute Gasteiger partial charge is 0.311 e. The number of ether oxygens (including phenoxy) is 2. The van der Waals surface area contributed by atoms with Gasteiger partial charge in [0.05, 0.1) is 34.7 Å². The maximum atomic E-state index is 14.3. The first-order valence-electron chi connectivity index (χ1n) is 11.3. The second kappa shape index (κ2) is 10.2. The summed E-state index contributed by atoms with van der Waals surface area (Å²) in [5.74, 6) is -1.22. The van der Waals surface area contributed by atoms with Gasteiger partial charge in [0.15, 0.2) is 11.6 Å². The molecule has 1 aliphatic heterocycles. The summed E-state index contributed by atoms with van der Waals surface area (Å²) < 4.78 is 27.1. The fourth-order valence-electron chi connectivity index (χ4n) is 4.09. The molecule has 0 fully saturated rings. The molecule has 4 aromatic rings. The maximum Gasteiger partial charge on any atom is 0.311 e. The van der Waals surface area contributed by atoms with Gasteiger partial charge in [0.2, 0.25) is 0 Å². The Morgan fingerprint density at radius 3 is 2.65 bits per heavy atom. The lowest BCUT2D eigenvalue weighted by molar-refractivity contribution is -0.139. The predicted octanol–water partition coefficient (Wildman–Crippen LogP) is 6.49. The highest BCUT2D eigenvalue weighted by molar-refractivity contribution is 6.32. The van der Waals surface area contributed by atoms with E-state index in [-0.39, 0.29) is 34.5 Å². The van der Waals surface area contributed by atoms with E-state index in [1.54, 1.807) is 60.8 Å². The number of aromatic nitrogens is 2. The molecule has 0 spiro atoms. The molecule has 10 heteroatoms. The standard InChI is InChI=1S/C27H19Cl2FN2O5/c28-20-2-1-3-22(26(20)30)32-10-8-16(31-32)12-23(33)15-4-6-17(7-5-15)37-25-14-24-19(13-21(25)29)18(27(34)35)9-11-36-24/h1-8,10,13-14,18H,9,11-12H2,(H,34,35). The lowest BCUT2D eigenvalue weighted by Crippen LogP contribution is -2.20. The molecule has 0 radical (unpaired) electrons. The fourth-order valence-corrected chi connectivity index (χ4v) is 4.47. The first-order chi connectivity index (χ1) is 17.8. The third-order valence-electron chi connectivity index (χ3n) is 5.97. The minimum Gasteiger partial charge on any atom is -0.493 e. The van der Waals surface area contributed by atoms with Crippen molar-refractivity contribution in [1.29, 1.82) is 0 Å². The summed E-state index contributed by atoms with van der Waals surface area (Å²) in [6.07, 6.45) is 1.96. The van der Waals surface area contributed by atoms with Crippen molar-refractivity contribution >= 4 is 35.0 Å². The Morgan fingerprint density at radius 1 is 1.11 bits per heavy atom. The molecule has 0 saturated heterocycles. The van der Waals surface area contributed by atoms with E-state index < -0.39 is 17.7 Å². The molecule has 188 valence electrons. The van der Waals surface area contributed by atoms with Gasteiger partial charge in [0, 0.05) is 23.4 Å². The molecule has 37 heavy (non-hydrogen) atoms. The van der Waals surface area contributed by atoms with E-state index in [4.69, 9.17) is 32.7 Å². The molecule has 2 heterocycles. The number of carbonyl (C=O) groups is 2. The van der Waals surface area contributed by atoms with Gasteiger partial charge in [-0.2, -0.15) is 5.10 Å². The molecular formula is C27H19Cl2FN2O5. The molecule has 1 aliphatic rings. The number of carboxylic acids is 1. The minimum absolute atomic E-state index is 0.0124. The zero-order chi connectivity index (χ0) is 26.1. The highest BCUT2D eigenvalue weighted by atomic mass is 35.5. The largest absolute Gasteiger partial charge is 0.493 e. The summed E-state index contributed by atoms with van der Waals surface area (Å²) in [5, 5.41) is 14.0. The van der Waals surface area contributed by atoms with Crippen molar-refractivity contribution in [3.63, 3.8) is 0 Å². The molecule has 3 aromatic carbocycles. The molecule has 5 rings (SSSR count). The van der Waals surface area contributed by atoms with E-state index in [0.717, 1.165) is 0 Å². The number of halogens is 3. The van der Waals surface area contributed by atoms with E-state index >= 15 is 0 Å². The van der Waals surface area contributed by atoms with Crippen molar-refractivity contribution < 1.29 is 28.6 Å². The molecule has 0 amide bonds. The van der Waals surface area contributed by atoms with Crippen LogP contribution in [0.4, 0.5) is 4.39 Å². The van der Waals surface area contributed by atoms with Gasteiger partial charge in [0.25, 0.3) is 0 Å². The van der Waals surface area contributed by atoms with E-state index in [1.165, 1.54) is 10.7 Å². The monoisotopic (exact) mass is 540 g/mol. The minimum atomic E-state index is -0.932. The van der Waals surface area contributed by atoms with Gasteiger partial charge in [-0.3, -0.25) is 9.59 Å². The third-order valence-corrected chi connectivity index (χ3v) is 6.56. The molecule has 0 saturated carbocycles. The van der Waals surface area contributed by atoms with Gasteiger partial charge < -0.3 is 14.6 Å². The third kappa shape index (κ3) is 5.16. The van der Waals surface area contributed by atoms with E-state index in [2.05, 4.69) is 5.10 Å². The normalized spacial score (nSPS) is 14.5. The van der Waals surface area contributed by atoms with Crippen LogP contribution in [0.25, 0.3) is 5.69 Å². The van der Waals surface area contributed by atoms with E-state index in [0.29, 0.717) is 40.5 Å². The number of hydrogen-bond acceptors (Lipinski definition) is 5. The second-order valence-corrected chi connectivity index (χ2v) is 9.21. The Bertz CT molecular complexity index is 1500. The van der Waals surface area contributed by atoms with Crippen LogP contribution >= 0.6 is 23.2 Å². The van der Waals surface area contributed by atoms with Crippen LogP contribution < -0.4 is 9.47 Å². The number of carbonyl (C=O) groups excluding carboxylic acids is 1. The van der Waals surface area contributed by atoms with Crippen LogP contribution in [0, 0.1) is 5.82 Å². The van der Waals surface area contributed by atoms with Gasteiger partial charge in [-0.05, 0) is 55.0 Å². The van der Waals surface area contributed by atoms with Crippen molar-refractivity contribution in [2.45, 2.75) is 18.8 Å². The van der Waals surface area contributed by atoms with Crippen LogP contribution in [-0.4, -0.2) is 33.2 Å². The quantitative estimate of drug-likeness (QED) is 0.269. The fraction of sp³-hybridized carbons (Fsp3) is 0.148. The zero-order valence-electron chi connectivity index (χ0n) is 19.2. The van der Waals surface area contributed by atoms with Crippen molar-refractivity contribution in [2.75, 3.05) is 6.61 Å². The lowest BCUT2D eigenvalue weighted by atomic mass is 9.93. The average Bonchev–Trinajstić information content (AvgIpc) is 3.34. The number of fused-ring (bicyclic) bond motifs is 1. The first-order valence-corrected chi connectivity index (χ1v) is 12.0. The predicted molar refractivity (Wildman–Crippen MR) is 135 cm³/mol. The molecule has 1 N–H and O–H groups in total. The van der Waals surface area contributed by atoms with Gasteiger partial charge in [-0.15, -0.1) is 0 Å². The number of rotatable bonds is 7. The topological polar surface area (TPSA) is 90.7 Å². The number of hydrogen-bond donors (Lipinski definition) is 1. The van der Waals surface area contributed by atoms with Gasteiger partial charge in [0.1, 0.15) is 22.9 Å². The Balaban J connectivity index is 1.27. The van der Waals surface area contributed by atoms with E-state index in [9.17, 15) is 19.1 Å². The summed E-state index contributed by atoms with van der Waals surface area (Å²) in [4.78, 5) is 24.3. The second-order valence-electron chi connectivity index (χ2n) is 8.40. The summed E-state index contributed by atoms with van der Waals surface area (Å²) in [5.41, 5.74) is 1.63. The van der Waals surface area contributed by atoms with Crippen LogP contribution in [0.3, 0.4) is 0 Å². The van der Waals surface area contributed by atoms with E-state index in [1.807, 2.05) is 0 Å². The number of carboxylic acid groups (broad SMARTS) is 1. The highest BCUT2D eigenvalue weighted by Crippen LogP contribution is 2.41.